The van der Waals surface area contributed by atoms with E-state index in [2.05, 4.69) is 27.6 Å². The number of hydrogen-bond acceptors (Lipinski definition) is 6. The maximum atomic E-state index is 5.65. The minimum Gasteiger partial charge on any atom is -0.496 e. The predicted molar refractivity (Wildman–Crippen MR) is 133 cm³/mol. The van der Waals surface area contributed by atoms with Gasteiger partial charge in [-0.05, 0) is 24.3 Å². The number of ether oxygens (including phenoxy) is 6. The summed E-state index contributed by atoms with van der Waals surface area (Å²) in [5.74, 6) is 4.02. The van der Waals surface area contributed by atoms with Crippen LogP contribution in [0.4, 0.5) is 0 Å². The summed E-state index contributed by atoms with van der Waals surface area (Å²) in [5.41, 5.74) is 4.12. The zero-order valence-corrected chi connectivity index (χ0v) is 21.0. The number of para-hydroxylation sites is 2. The van der Waals surface area contributed by atoms with Gasteiger partial charge in [0.25, 0.3) is 0 Å². The first-order valence-electron chi connectivity index (χ1n) is 11.1. The second-order valence-corrected chi connectivity index (χ2v) is 7.90. The molecule has 0 amide bonds. The smallest absolute Gasteiger partial charge is 0.245 e. The summed E-state index contributed by atoms with van der Waals surface area (Å²) in [6.45, 7) is 1.17. The highest BCUT2D eigenvalue weighted by Crippen LogP contribution is 2.36. The first kappa shape index (κ1) is 24.1. The maximum absolute atomic E-state index is 5.65. The highest BCUT2D eigenvalue weighted by Gasteiger charge is 2.21. The van der Waals surface area contributed by atoms with Crippen molar-refractivity contribution in [1.82, 2.24) is 4.57 Å². The summed E-state index contributed by atoms with van der Waals surface area (Å²) in [7, 11) is 9.79. The Balaban J connectivity index is 1.77. The molecule has 0 N–H and O–H groups in total. The molecule has 0 fully saturated rings. The van der Waals surface area contributed by atoms with Crippen LogP contribution in [-0.2, 0) is 13.1 Å². The Hall–Kier alpha value is -4.07. The normalized spacial score (nSPS) is 10.8. The summed E-state index contributed by atoms with van der Waals surface area (Å²) in [5, 5.41) is 0. The Bertz CT molecular complexity index is 1230. The van der Waals surface area contributed by atoms with Gasteiger partial charge >= 0.3 is 0 Å². The van der Waals surface area contributed by atoms with Crippen LogP contribution in [0.15, 0.2) is 54.9 Å². The number of nitrogens with zero attached hydrogens (tertiary/aromatic N) is 2. The average molecular weight is 480 g/mol. The Kier molecular flexibility index (Phi) is 7.19. The van der Waals surface area contributed by atoms with Gasteiger partial charge in [0.1, 0.15) is 24.6 Å². The Labute approximate surface area is 205 Å². The molecule has 4 aromatic rings. The fraction of sp³-hybridized carbons (Fsp3) is 0.296. The van der Waals surface area contributed by atoms with E-state index in [0.29, 0.717) is 36.1 Å². The molecule has 4 rings (SSSR count). The van der Waals surface area contributed by atoms with E-state index in [4.69, 9.17) is 28.4 Å². The molecule has 0 bridgehead atoms. The van der Waals surface area contributed by atoms with Crippen molar-refractivity contribution in [2.45, 2.75) is 13.1 Å². The molecule has 0 unspecified atom stereocenters. The zero-order valence-electron chi connectivity index (χ0n) is 21.0. The lowest BCUT2D eigenvalue weighted by Crippen LogP contribution is -2.33. The topological polar surface area (TPSA) is 64.2 Å². The third-order valence-corrected chi connectivity index (χ3v) is 6.03. The number of imidazole rings is 1. The van der Waals surface area contributed by atoms with E-state index in [1.165, 1.54) is 0 Å². The van der Waals surface area contributed by atoms with E-state index < -0.39 is 0 Å². The molecular formula is C27H31N2O6+. The fourth-order valence-corrected chi connectivity index (χ4v) is 4.29. The van der Waals surface area contributed by atoms with E-state index in [1.807, 2.05) is 36.4 Å². The molecule has 0 aliphatic rings. The van der Waals surface area contributed by atoms with Gasteiger partial charge in [0.15, 0.2) is 34.0 Å². The van der Waals surface area contributed by atoms with E-state index in [0.717, 1.165) is 33.7 Å². The summed E-state index contributed by atoms with van der Waals surface area (Å²) in [6.07, 6.45) is 2.09. The van der Waals surface area contributed by atoms with Gasteiger partial charge in [0.05, 0.1) is 42.7 Å². The molecular weight excluding hydrogens is 448 g/mol. The Morgan fingerprint density at radius 3 is 1.66 bits per heavy atom. The highest BCUT2D eigenvalue weighted by molar-refractivity contribution is 5.72. The fourth-order valence-electron chi connectivity index (χ4n) is 4.29. The predicted octanol–water partition coefficient (Wildman–Crippen LogP) is 4.08. The summed E-state index contributed by atoms with van der Waals surface area (Å²) >= 11 is 0. The SMILES string of the molecule is COc1cc(OC)c(OC)cc1Cn1c[n+](Cc2cc(OC)c(OC)cc2OC)c2ccccc21. The monoisotopic (exact) mass is 479 g/mol. The Morgan fingerprint density at radius 2 is 1.09 bits per heavy atom. The lowest BCUT2D eigenvalue weighted by atomic mass is 10.1. The second-order valence-electron chi connectivity index (χ2n) is 7.90. The lowest BCUT2D eigenvalue weighted by Gasteiger charge is -2.13. The van der Waals surface area contributed by atoms with Gasteiger partial charge in [-0.15, -0.1) is 0 Å². The molecule has 0 saturated heterocycles. The minimum absolute atomic E-state index is 0.583. The van der Waals surface area contributed by atoms with Gasteiger partial charge in [0.2, 0.25) is 6.33 Å². The molecule has 0 aliphatic heterocycles. The third-order valence-electron chi connectivity index (χ3n) is 6.03. The van der Waals surface area contributed by atoms with Crippen LogP contribution in [0.25, 0.3) is 11.0 Å². The van der Waals surface area contributed by atoms with E-state index in [1.54, 1.807) is 42.7 Å². The van der Waals surface area contributed by atoms with Crippen LogP contribution in [0, 0.1) is 0 Å². The van der Waals surface area contributed by atoms with Crippen molar-refractivity contribution in [3.8, 4) is 34.5 Å². The van der Waals surface area contributed by atoms with Crippen molar-refractivity contribution in [3.05, 3.63) is 66.0 Å². The molecule has 3 aromatic carbocycles. The lowest BCUT2D eigenvalue weighted by molar-refractivity contribution is -0.663. The largest absolute Gasteiger partial charge is 0.496 e. The van der Waals surface area contributed by atoms with Crippen molar-refractivity contribution in [2.75, 3.05) is 42.7 Å². The van der Waals surface area contributed by atoms with E-state index in [-0.39, 0.29) is 0 Å². The molecule has 0 saturated carbocycles. The first-order chi connectivity index (χ1) is 17.1. The molecule has 184 valence electrons. The average Bonchev–Trinajstić information content (AvgIpc) is 3.24. The minimum atomic E-state index is 0.583. The Morgan fingerprint density at radius 1 is 0.600 bits per heavy atom. The molecule has 0 aliphatic carbocycles. The van der Waals surface area contributed by atoms with Gasteiger partial charge in [-0.2, -0.15) is 0 Å². The van der Waals surface area contributed by atoms with E-state index in [9.17, 15) is 0 Å². The van der Waals surface area contributed by atoms with Crippen LogP contribution >= 0.6 is 0 Å². The molecule has 35 heavy (non-hydrogen) atoms. The van der Waals surface area contributed by atoms with Crippen molar-refractivity contribution < 1.29 is 33.0 Å². The second kappa shape index (κ2) is 10.5. The maximum Gasteiger partial charge on any atom is 0.245 e. The number of methoxy groups -OCH3 is 6. The number of benzene rings is 3. The molecule has 0 radical (unpaired) electrons. The van der Waals surface area contributed by atoms with Gasteiger partial charge in [-0.1, -0.05) is 12.1 Å². The molecule has 0 atom stereocenters. The van der Waals surface area contributed by atoms with Crippen molar-refractivity contribution in [1.29, 1.82) is 0 Å². The van der Waals surface area contributed by atoms with Crippen LogP contribution in [-0.4, -0.2) is 47.2 Å². The van der Waals surface area contributed by atoms with Crippen LogP contribution in [0.2, 0.25) is 0 Å². The zero-order chi connectivity index (χ0) is 24.9. The van der Waals surface area contributed by atoms with Crippen LogP contribution in [0.3, 0.4) is 0 Å². The molecule has 8 nitrogen and oxygen atoms in total. The molecule has 8 heteroatoms. The van der Waals surface area contributed by atoms with Crippen molar-refractivity contribution >= 4 is 11.0 Å². The molecule has 0 spiro atoms. The summed E-state index contributed by atoms with van der Waals surface area (Å²) in [4.78, 5) is 0. The quantitative estimate of drug-likeness (QED) is 0.320. The third kappa shape index (κ3) is 4.64. The summed E-state index contributed by atoms with van der Waals surface area (Å²) < 4.78 is 37.6. The van der Waals surface area contributed by atoms with Crippen molar-refractivity contribution in [3.63, 3.8) is 0 Å². The number of rotatable bonds is 10. The number of hydrogen-bond donors (Lipinski definition) is 0. The van der Waals surface area contributed by atoms with Crippen molar-refractivity contribution in [2.24, 2.45) is 0 Å². The van der Waals surface area contributed by atoms with Crippen LogP contribution < -0.4 is 33.0 Å². The van der Waals surface area contributed by atoms with Gasteiger partial charge in [0, 0.05) is 23.3 Å². The highest BCUT2D eigenvalue weighted by atomic mass is 16.5. The standard InChI is InChI=1S/C27H31N2O6/c1-30-22-13-26(34-5)24(32-3)11-18(22)15-28-17-29(21-10-8-7-9-20(21)28)16-19-12-25(33-4)27(35-6)14-23(19)31-2/h7-14,17H,15-16H2,1-6H3/q+1. The van der Waals surface area contributed by atoms with Gasteiger partial charge in [-0.3, -0.25) is 0 Å². The number of aromatic nitrogens is 2. The van der Waals surface area contributed by atoms with E-state index >= 15 is 0 Å². The first-order valence-corrected chi connectivity index (χ1v) is 11.1. The van der Waals surface area contributed by atoms with Gasteiger partial charge in [-0.25, -0.2) is 9.13 Å². The van der Waals surface area contributed by atoms with Crippen LogP contribution in [0.1, 0.15) is 11.1 Å². The van der Waals surface area contributed by atoms with Crippen LogP contribution in [0.5, 0.6) is 34.5 Å². The molecule has 1 aromatic heterocycles. The number of fused-ring (bicyclic) bond motifs is 1. The van der Waals surface area contributed by atoms with Gasteiger partial charge < -0.3 is 28.4 Å². The summed E-state index contributed by atoms with van der Waals surface area (Å²) in [6, 6.07) is 15.9. The molecule has 1 heterocycles.